The molecule has 0 atom stereocenters. The molecular weight excluding hydrogens is 466 g/mol. The molecule has 7 nitrogen and oxygen atoms in total. The molecule has 1 aliphatic carbocycles. The fraction of sp³-hybridized carbons (Fsp3) is 0.467. The van der Waals surface area contributed by atoms with Crippen LogP contribution in [-0.4, -0.2) is 54.4 Å². The van der Waals surface area contributed by atoms with Crippen LogP contribution in [0, 0.1) is 18.8 Å². The molecule has 1 aromatic carbocycles. The van der Waals surface area contributed by atoms with Crippen molar-refractivity contribution >= 4 is 29.7 Å². The van der Waals surface area contributed by atoms with Crippen LogP contribution in [0.4, 0.5) is 5.82 Å². The summed E-state index contributed by atoms with van der Waals surface area (Å²) < 4.78 is 4.72. The number of ether oxygens (including phenoxy) is 1. The summed E-state index contributed by atoms with van der Waals surface area (Å²) in [5.41, 5.74) is 2.30. The van der Waals surface area contributed by atoms with Gasteiger partial charge in [0.15, 0.2) is 0 Å². The Bertz CT molecular complexity index is 1120. The van der Waals surface area contributed by atoms with Gasteiger partial charge < -0.3 is 9.64 Å². The van der Waals surface area contributed by atoms with Crippen molar-refractivity contribution < 1.29 is 19.1 Å². The maximum absolute atomic E-state index is 13.8. The highest BCUT2D eigenvalue weighted by Gasteiger charge is 2.31. The lowest BCUT2D eigenvalue weighted by Gasteiger charge is -2.36. The first-order valence-corrected chi connectivity index (χ1v) is 13.3. The number of aryl methyl sites for hydroxylation is 1. The number of nitrogens with zero attached hydrogens (tertiary/aromatic N) is 3. The lowest BCUT2D eigenvalue weighted by Crippen LogP contribution is -2.45. The van der Waals surface area contributed by atoms with Gasteiger partial charge in [-0.15, -0.1) is 0 Å². The highest BCUT2D eigenvalue weighted by Crippen LogP contribution is 2.30. The number of esters is 1. The van der Waals surface area contributed by atoms with Crippen LogP contribution in [0.25, 0.3) is 6.08 Å². The molecule has 4 rings (SSSR count). The third kappa shape index (κ3) is 7.06. The molecule has 0 spiro atoms. The normalized spacial score (nSPS) is 17.1. The van der Waals surface area contributed by atoms with E-state index in [1.165, 1.54) is 19.6 Å². The number of amides is 2. The molecule has 37 heavy (non-hydrogen) atoms. The summed E-state index contributed by atoms with van der Waals surface area (Å²) >= 11 is 0. The second kappa shape index (κ2) is 12.7. The Morgan fingerprint density at radius 2 is 1.73 bits per heavy atom. The minimum absolute atomic E-state index is 0.0184. The number of methoxy groups -OCH3 is 1. The molecule has 0 unspecified atom stereocenters. The second-order valence-corrected chi connectivity index (χ2v) is 10.1. The monoisotopic (exact) mass is 503 g/mol. The van der Waals surface area contributed by atoms with E-state index in [4.69, 9.17) is 9.72 Å². The van der Waals surface area contributed by atoms with Crippen molar-refractivity contribution in [3.05, 3.63) is 65.4 Å². The van der Waals surface area contributed by atoms with E-state index in [1.807, 2.05) is 59.2 Å². The zero-order valence-corrected chi connectivity index (χ0v) is 21.9. The van der Waals surface area contributed by atoms with Crippen LogP contribution in [0.5, 0.6) is 0 Å². The van der Waals surface area contributed by atoms with Gasteiger partial charge in [0, 0.05) is 42.9 Å². The van der Waals surface area contributed by atoms with Gasteiger partial charge in [-0.1, -0.05) is 37.5 Å². The van der Waals surface area contributed by atoms with Gasteiger partial charge in [0.1, 0.15) is 5.82 Å². The SMILES string of the molecule is COC(=O)/C=C/c1cc(C)nc(N(CC2CCN(C(=O)c3ccccc3)CC2)C(=O)C2CCCCC2)c1. The average Bonchev–Trinajstić information content (AvgIpc) is 2.94. The number of pyridine rings is 1. The van der Waals surface area contributed by atoms with Gasteiger partial charge >= 0.3 is 5.97 Å². The van der Waals surface area contributed by atoms with Crippen molar-refractivity contribution in [1.29, 1.82) is 0 Å². The summed E-state index contributed by atoms with van der Waals surface area (Å²) in [6.07, 6.45) is 9.94. The van der Waals surface area contributed by atoms with Crippen LogP contribution >= 0.6 is 0 Å². The number of benzene rings is 1. The topological polar surface area (TPSA) is 79.8 Å². The quantitative estimate of drug-likeness (QED) is 0.391. The Morgan fingerprint density at radius 3 is 2.41 bits per heavy atom. The van der Waals surface area contributed by atoms with E-state index in [9.17, 15) is 14.4 Å². The van der Waals surface area contributed by atoms with Gasteiger partial charge in [-0.3, -0.25) is 14.5 Å². The van der Waals surface area contributed by atoms with Crippen LogP contribution in [0.2, 0.25) is 0 Å². The molecule has 1 aromatic heterocycles. The molecule has 1 saturated heterocycles. The molecule has 2 heterocycles. The van der Waals surface area contributed by atoms with E-state index in [-0.39, 0.29) is 23.7 Å². The first kappa shape index (κ1) is 26.6. The van der Waals surface area contributed by atoms with Crippen molar-refractivity contribution in [2.75, 3.05) is 31.6 Å². The predicted octanol–water partition coefficient (Wildman–Crippen LogP) is 5.04. The molecule has 7 heteroatoms. The van der Waals surface area contributed by atoms with Crippen molar-refractivity contribution in [3.63, 3.8) is 0 Å². The number of carbonyl (C=O) groups excluding carboxylic acids is 3. The van der Waals surface area contributed by atoms with Gasteiger partial charge in [-0.05, 0) is 74.4 Å². The van der Waals surface area contributed by atoms with E-state index < -0.39 is 5.97 Å². The first-order valence-electron chi connectivity index (χ1n) is 13.3. The number of carbonyl (C=O) groups is 3. The third-order valence-corrected chi connectivity index (χ3v) is 7.44. The molecule has 196 valence electrons. The predicted molar refractivity (Wildman–Crippen MR) is 144 cm³/mol. The van der Waals surface area contributed by atoms with E-state index in [1.54, 1.807) is 6.08 Å². The largest absolute Gasteiger partial charge is 0.466 e. The average molecular weight is 504 g/mol. The first-order chi connectivity index (χ1) is 17.9. The summed E-state index contributed by atoms with van der Waals surface area (Å²) in [6, 6.07) is 13.2. The van der Waals surface area contributed by atoms with E-state index in [2.05, 4.69) is 0 Å². The fourth-order valence-electron chi connectivity index (χ4n) is 5.35. The second-order valence-electron chi connectivity index (χ2n) is 10.1. The lowest BCUT2D eigenvalue weighted by molar-refractivity contribution is -0.134. The standard InChI is InChI=1S/C30H37N3O4/c1-22-19-24(13-14-28(34)37-2)20-27(31-22)33(30(36)26-11-7-4-8-12-26)21-23-15-17-32(18-16-23)29(35)25-9-5-3-6-10-25/h3,5-6,9-10,13-14,19-20,23,26H,4,7-8,11-12,15-18,21H2,1-2H3/b14-13+. The van der Waals surface area contributed by atoms with E-state index >= 15 is 0 Å². The number of aromatic nitrogens is 1. The maximum Gasteiger partial charge on any atom is 0.330 e. The Morgan fingerprint density at radius 1 is 1.03 bits per heavy atom. The summed E-state index contributed by atoms with van der Waals surface area (Å²) in [6.45, 7) is 3.84. The number of rotatable bonds is 7. The van der Waals surface area contributed by atoms with Crippen LogP contribution < -0.4 is 4.90 Å². The number of anilines is 1. The van der Waals surface area contributed by atoms with Gasteiger partial charge in [0.25, 0.3) is 5.91 Å². The maximum atomic E-state index is 13.8. The Labute approximate surface area is 219 Å². The molecule has 0 radical (unpaired) electrons. The fourth-order valence-corrected chi connectivity index (χ4v) is 5.35. The molecule has 2 aromatic rings. The van der Waals surface area contributed by atoms with Crippen molar-refractivity contribution in [2.24, 2.45) is 11.8 Å². The Hall–Kier alpha value is -3.48. The molecule has 2 fully saturated rings. The highest BCUT2D eigenvalue weighted by atomic mass is 16.5. The lowest BCUT2D eigenvalue weighted by atomic mass is 9.87. The van der Waals surface area contributed by atoms with Crippen LogP contribution in [-0.2, 0) is 14.3 Å². The van der Waals surface area contributed by atoms with Crippen LogP contribution in [0.3, 0.4) is 0 Å². The van der Waals surface area contributed by atoms with Gasteiger partial charge in [0.05, 0.1) is 7.11 Å². The minimum atomic E-state index is -0.428. The van der Waals surface area contributed by atoms with Crippen LogP contribution in [0.1, 0.15) is 66.6 Å². The molecule has 1 saturated carbocycles. The van der Waals surface area contributed by atoms with Gasteiger partial charge in [0.2, 0.25) is 5.91 Å². The Balaban J connectivity index is 1.51. The third-order valence-electron chi connectivity index (χ3n) is 7.44. The van der Waals surface area contributed by atoms with Crippen LogP contribution in [0.15, 0.2) is 48.5 Å². The molecule has 0 bridgehead atoms. The smallest absolute Gasteiger partial charge is 0.330 e. The Kier molecular flexibility index (Phi) is 9.09. The molecular formula is C30H37N3O4. The van der Waals surface area contributed by atoms with Gasteiger partial charge in [-0.25, -0.2) is 9.78 Å². The number of piperidine rings is 1. The van der Waals surface area contributed by atoms with Gasteiger partial charge in [-0.2, -0.15) is 0 Å². The minimum Gasteiger partial charge on any atom is -0.466 e. The summed E-state index contributed by atoms with van der Waals surface area (Å²) in [7, 11) is 1.35. The van der Waals surface area contributed by atoms with E-state index in [0.29, 0.717) is 31.0 Å². The number of hydrogen-bond acceptors (Lipinski definition) is 5. The summed E-state index contributed by atoms with van der Waals surface area (Å²) in [5.74, 6) is 0.708. The zero-order chi connectivity index (χ0) is 26.2. The molecule has 2 amide bonds. The van der Waals surface area contributed by atoms with Crippen molar-refractivity contribution in [3.8, 4) is 0 Å². The van der Waals surface area contributed by atoms with E-state index in [0.717, 1.165) is 49.8 Å². The number of likely N-dealkylation sites (tertiary alicyclic amines) is 1. The van der Waals surface area contributed by atoms with Crippen molar-refractivity contribution in [1.82, 2.24) is 9.88 Å². The highest BCUT2D eigenvalue weighted by molar-refractivity contribution is 5.95. The van der Waals surface area contributed by atoms with Crippen molar-refractivity contribution in [2.45, 2.75) is 51.9 Å². The summed E-state index contributed by atoms with van der Waals surface area (Å²) in [4.78, 5) is 46.8. The summed E-state index contributed by atoms with van der Waals surface area (Å²) in [5, 5.41) is 0. The molecule has 0 N–H and O–H groups in total. The number of hydrogen-bond donors (Lipinski definition) is 0. The molecule has 2 aliphatic rings. The molecule has 1 aliphatic heterocycles. The zero-order valence-electron chi connectivity index (χ0n) is 21.9.